The normalized spacial score (nSPS) is 19.7. The second-order valence-corrected chi connectivity index (χ2v) is 12.0. The van der Waals surface area contributed by atoms with Gasteiger partial charge in [0.2, 0.25) is 0 Å². The highest BCUT2D eigenvalue weighted by Gasteiger charge is 2.33. The number of nitrogens with two attached hydrogens (primary N) is 1. The fourth-order valence-electron chi connectivity index (χ4n) is 6.61. The van der Waals surface area contributed by atoms with Crippen LogP contribution in [0.2, 0.25) is 0 Å². The van der Waals surface area contributed by atoms with E-state index in [4.69, 9.17) is 10.7 Å². The number of hydrogen-bond acceptors (Lipinski definition) is 10. The maximum absolute atomic E-state index is 12.1. The molecule has 2 aromatic heterocycles. The van der Waals surface area contributed by atoms with Gasteiger partial charge < -0.3 is 20.9 Å². The Morgan fingerprint density at radius 2 is 1.74 bits per heavy atom. The number of benzene rings is 1. The van der Waals surface area contributed by atoms with E-state index in [0.717, 1.165) is 88.7 Å². The first-order valence-electron chi connectivity index (χ1n) is 15.1. The van der Waals surface area contributed by atoms with Crippen molar-refractivity contribution in [2.45, 2.75) is 38.1 Å². The summed E-state index contributed by atoms with van der Waals surface area (Å²) in [4.78, 5) is 51.9. The lowest BCUT2D eigenvalue weighted by Crippen LogP contribution is -2.50. The first-order valence-corrected chi connectivity index (χ1v) is 15.1. The van der Waals surface area contributed by atoms with Gasteiger partial charge in [-0.3, -0.25) is 29.3 Å². The smallest absolute Gasteiger partial charge is 0.271 e. The summed E-state index contributed by atoms with van der Waals surface area (Å²) in [6.45, 7) is 6.64. The number of anilines is 4. The molecule has 0 aliphatic carbocycles. The van der Waals surface area contributed by atoms with Crippen molar-refractivity contribution in [2.24, 2.45) is 11.7 Å². The van der Waals surface area contributed by atoms with E-state index in [9.17, 15) is 14.4 Å². The van der Waals surface area contributed by atoms with Crippen LogP contribution in [0.5, 0.6) is 0 Å². The Bertz CT molecular complexity index is 1550. The van der Waals surface area contributed by atoms with Crippen LogP contribution in [0.3, 0.4) is 0 Å². The molecule has 4 aliphatic heterocycles. The van der Waals surface area contributed by atoms with Crippen molar-refractivity contribution in [2.75, 3.05) is 60.9 Å². The molecule has 224 valence electrons. The van der Waals surface area contributed by atoms with Crippen molar-refractivity contribution in [3.8, 4) is 0 Å². The second kappa shape index (κ2) is 11.3. The molecule has 0 saturated carbocycles. The Hall–Kier alpha value is -4.52. The number of rotatable bonds is 8. The van der Waals surface area contributed by atoms with E-state index in [1.54, 1.807) is 18.5 Å². The highest BCUT2D eigenvalue weighted by Crippen LogP contribution is 2.30. The predicted molar refractivity (Wildman–Crippen MR) is 161 cm³/mol. The maximum atomic E-state index is 12.1. The average Bonchev–Trinajstić information content (AvgIpc) is 3.58. The van der Waals surface area contributed by atoms with Gasteiger partial charge in [-0.05, 0) is 56.2 Å². The first kappa shape index (κ1) is 27.3. The number of carbonyl (C=O) groups is 3. The monoisotopic (exact) mass is 584 g/mol. The molecule has 6 heterocycles. The van der Waals surface area contributed by atoms with E-state index in [2.05, 4.69) is 35.4 Å². The zero-order valence-corrected chi connectivity index (χ0v) is 24.0. The molecule has 4 aliphatic rings. The minimum absolute atomic E-state index is 0.117. The number of likely N-dealkylation sites (tertiary alicyclic amines) is 1. The van der Waals surface area contributed by atoms with Gasteiger partial charge in [-0.15, -0.1) is 0 Å². The molecule has 0 unspecified atom stereocenters. The molecule has 3 amide bonds. The summed E-state index contributed by atoms with van der Waals surface area (Å²) < 4.78 is 1.97. The molecule has 4 N–H and O–H groups in total. The first-order chi connectivity index (χ1) is 20.9. The van der Waals surface area contributed by atoms with Crippen molar-refractivity contribution >= 4 is 40.7 Å². The Labute approximate surface area is 249 Å². The predicted octanol–water partition coefficient (Wildman–Crippen LogP) is 2.16. The molecule has 1 aromatic carbocycles. The third-order valence-corrected chi connectivity index (χ3v) is 9.07. The van der Waals surface area contributed by atoms with Crippen LogP contribution in [0, 0.1) is 5.92 Å². The van der Waals surface area contributed by atoms with E-state index in [-0.39, 0.29) is 23.6 Å². The van der Waals surface area contributed by atoms with E-state index in [1.165, 1.54) is 6.42 Å². The summed E-state index contributed by atoms with van der Waals surface area (Å²) in [6, 6.07) is 5.83. The fraction of sp³-hybridized carbons (Fsp3) is 0.467. The Kier molecular flexibility index (Phi) is 7.17. The molecule has 0 radical (unpaired) electrons. The number of nitrogens with zero attached hydrogens (tertiary/aromatic N) is 7. The third-order valence-electron chi connectivity index (χ3n) is 9.07. The van der Waals surface area contributed by atoms with E-state index in [0.29, 0.717) is 22.9 Å². The van der Waals surface area contributed by atoms with Gasteiger partial charge >= 0.3 is 0 Å². The number of carbonyl (C=O) groups excluding carboxylic acids is 3. The Morgan fingerprint density at radius 3 is 2.51 bits per heavy atom. The van der Waals surface area contributed by atoms with Crippen molar-refractivity contribution in [1.29, 1.82) is 0 Å². The number of piperidine rings is 2. The van der Waals surface area contributed by atoms with Gasteiger partial charge in [0, 0.05) is 57.7 Å². The van der Waals surface area contributed by atoms with Crippen molar-refractivity contribution in [3.05, 3.63) is 53.6 Å². The number of fused-ring (bicyclic) bond motifs is 1. The van der Waals surface area contributed by atoms with Crippen LogP contribution in [0.1, 0.15) is 69.4 Å². The summed E-state index contributed by atoms with van der Waals surface area (Å²) in [5.41, 5.74) is 8.38. The molecule has 7 rings (SSSR count). The largest absolute Gasteiger partial charge is 0.371 e. The number of nitrogens with one attached hydrogen (secondary N) is 2. The Morgan fingerprint density at radius 1 is 0.977 bits per heavy atom. The van der Waals surface area contributed by atoms with Crippen LogP contribution in [-0.2, 0) is 0 Å². The summed E-state index contributed by atoms with van der Waals surface area (Å²) >= 11 is 0. The number of hydrogen-bond donors (Lipinski definition) is 3. The lowest BCUT2D eigenvalue weighted by molar-refractivity contribution is 0.0754. The number of aromatic nitrogens is 4. The summed E-state index contributed by atoms with van der Waals surface area (Å²) in [6.07, 6.45) is 10.9. The quantitative estimate of drug-likeness (QED) is 0.336. The minimum Gasteiger partial charge on any atom is -0.371 e. The standard InChI is InChI=1S/C30H36N10O3/c31-27(41)26-28(35-25(14-32-26)39-8-2-1-3-9-39)34-20-13-33-40(16-20)22-17-37(18-22)15-19-6-10-38(11-7-19)21-4-5-23-24(12-21)30(43)36-29(23)42/h4-5,12-14,16,19,22H,1-3,6-11,15,17-18H2,(H2,31,41)(H,34,35)(H,36,42,43). The maximum Gasteiger partial charge on any atom is 0.271 e. The molecule has 3 fully saturated rings. The van der Waals surface area contributed by atoms with Gasteiger partial charge in [0.1, 0.15) is 5.82 Å². The molecule has 13 nitrogen and oxygen atoms in total. The van der Waals surface area contributed by atoms with Crippen LogP contribution in [0.25, 0.3) is 0 Å². The van der Waals surface area contributed by atoms with E-state index >= 15 is 0 Å². The van der Waals surface area contributed by atoms with Crippen molar-refractivity contribution in [3.63, 3.8) is 0 Å². The molecular formula is C30H36N10O3. The molecule has 0 atom stereocenters. The number of amides is 3. The van der Waals surface area contributed by atoms with Crippen molar-refractivity contribution in [1.82, 2.24) is 30.0 Å². The molecule has 43 heavy (non-hydrogen) atoms. The fourth-order valence-corrected chi connectivity index (χ4v) is 6.61. The van der Waals surface area contributed by atoms with Gasteiger partial charge in [0.05, 0.1) is 35.2 Å². The minimum atomic E-state index is -0.621. The molecule has 3 saturated heterocycles. The summed E-state index contributed by atoms with van der Waals surface area (Å²) in [5, 5.41) is 10.2. The van der Waals surface area contributed by atoms with Gasteiger partial charge in [-0.1, -0.05) is 0 Å². The Balaban J connectivity index is 0.910. The summed E-state index contributed by atoms with van der Waals surface area (Å²) in [7, 11) is 0. The number of primary amides is 1. The molecule has 0 spiro atoms. The number of imide groups is 1. The highest BCUT2D eigenvalue weighted by molar-refractivity contribution is 6.21. The average molecular weight is 585 g/mol. The molecule has 3 aromatic rings. The lowest BCUT2D eigenvalue weighted by Gasteiger charge is -2.43. The highest BCUT2D eigenvalue weighted by atomic mass is 16.2. The van der Waals surface area contributed by atoms with Crippen LogP contribution in [0.4, 0.5) is 23.0 Å². The van der Waals surface area contributed by atoms with E-state index in [1.807, 2.05) is 23.0 Å². The zero-order chi connectivity index (χ0) is 29.5. The van der Waals surface area contributed by atoms with Gasteiger partial charge in [0.25, 0.3) is 17.7 Å². The lowest BCUT2D eigenvalue weighted by atomic mass is 9.93. The topological polar surface area (TPSA) is 155 Å². The van der Waals surface area contributed by atoms with Crippen molar-refractivity contribution < 1.29 is 14.4 Å². The second-order valence-electron chi connectivity index (χ2n) is 12.0. The third kappa shape index (κ3) is 5.52. The molecular weight excluding hydrogens is 548 g/mol. The van der Waals surface area contributed by atoms with Crippen LogP contribution in [0.15, 0.2) is 36.8 Å². The zero-order valence-electron chi connectivity index (χ0n) is 24.0. The van der Waals surface area contributed by atoms with E-state index < -0.39 is 5.91 Å². The SMILES string of the molecule is NC(=O)c1ncc(N2CCCCC2)nc1Nc1cnn(C2CN(CC3CCN(c4ccc5c(c4)C(=O)NC5=O)CC3)C2)c1. The van der Waals surface area contributed by atoms with Gasteiger partial charge in [-0.2, -0.15) is 5.10 Å². The van der Waals surface area contributed by atoms with Crippen LogP contribution >= 0.6 is 0 Å². The molecule has 0 bridgehead atoms. The van der Waals surface area contributed by atoms with Crippen LogP contribution in [-0.4, -0.2) is 88.2 Å². The van der Waals surface area contributed by atoms with Gasteiger partial charge in [0.15, 0.2) is 11.5 Å². The van der Waals surface area contributed by atoms with Crippen LogP contribution < -0.4 is 26.2 Å². The van der Waals surface area contributed by atoms with Gasteiger partial charge in [-0.25, -0.2) is 9.97 Å². The molecule has 13 heteroatoms. The summed E-state index contributed by atoms with van der Waals surface area (Å²) in [5.74, 6) is 0.471.